The van der Waals surface area contributed by atoms with Crippen molar-refractivity contribution in [1.82, 2.24) is 10.1 Å². The van der Waals surface area contributed by atoms with E-state index in [1.807, 2.05) is 54.6 Å². The van der Waals surface area contributed by atoms with Crippen LogP contribution in [0, 0.1) is 0 Å². The Hall–Kier alpha value is -2.82. The van der Waals surface area contributed by atoms with Crippen molar-refractivity contribution in [2.45, 2.75) is 6.42 Å². The molecule has 0 atom stereocenters. The van der Waals surface area contributed by atoms with Crippen LogP contribution in [0.4, 0.5) is 5.69 Å². The van der Waals surface area contributed by atoms with Gasteiger partial charge in [-0.1, -0.05) is 23.4 Å². The van der Waals surface area contributed by atoms with Crippen LogP contribution in [-0.4, -0.2) is 16.7 Å². The number of para-hydroxylation sites is 1. The molecule has 3 rings (SSSR count). The van der Waals surface area contributed by atoms with Crippen molar-refractivity contribution in [3.8, 4) is 17.1 Å². The fourth-order valence-corrected chi connectivity index (χ4v) is 1.88. The van der Waals surface area contributed by atoms with E-state index in [2.05, 4.69) is 10.1 Å². The summed E-state index contributed by atoms with van der Waals surface area (Å²) in [7, 11) is 0. The number of hydrogen-bond acceptors (Lipinski definition) is 5. The zero-order valence-corrected chi connectivity index (χ0v) is 11.4. The predicted octanol–water partition coefficient (Wildman–Crippen LogP) is 2.94. The molecule has 1 heterocycles. The maximum absolute atomic E-state index is 5.65. The second kappa shape index (κ2) is 6.09. The van der Waals surface area contributed by atoms with Crippen LogP contribution in [-0.2, 0) is 6.42 Å². The average Bonchev–Trinajstić information content (AvgIpc) is 2.98. The number of rotatable bonds is 5. The molecule has 106 valence electrons. The summed E-state index contributed by atoms with van der Waals surface area (Å²) in [6, 6.07) is 17.0. The minimum atomic E-state index is 0.493. The molecule has 0 aliphatic rings. The maximum atomic E-state index is 5.65. The Morgan fingerprint density at radius 2 is 1.76 bits per heavy atom. The van der Waals surface area contributed by atoms with Gasteiger partial charge in [0.05, 0.1) is 13.0 Å². The molecule has 5 heteroatoms. The highest BCUT2D eigenvalue weighted by Crippen LogP contribution is 2.17. The van der Waals surface area contributed by atoms with E-state index in [4.69, 9.17) is 15.0 Å². The summed E-state index contributed by atoms with van der Waals surface area (Å²) in [4.78, 5) is 4.34. The van der Waals surface area contributed by atoms with E-state index in [0.717, 1.165) is 11.3 Å². The second-order valence-electron chi connectivity index (χ2n) is 4.55. The van der Waals surface area contributed by atoms with Gasteiger partial charge in [0.2, 0.25) is 11.7 Å². The Morgan fingerprint density at radius 1 is 1.00 bits per heavy atom. The third-order valence-electron chi connectivity index (χ3n) is 2.96. The fourth-order valence-electron chi connectivity index (χ4n) is 1.88. The van der Waals surface area contributed by atoms with E-state index in [9.17, 15) is 0 Å². The normalized spacial score (nSPS) is 10.5. The molecular weight excluding hydrogens is 266 g/mol. The number of nitrogens with two attached hydrogens (primary N) is 1. The monoisotopic (exact) mass is 281 g/mol. The van der Waals surface area contributed by atoms with Crippen molar-refractivity contribution in [2.75, 3.05) is 12.3 Å². The minimum Gasteiger partial charge on any atom is -0.493 e. The van der Waals surface area contributed by atoms with E-state index >= 15 is 0 Å². The predicted molar refractivity (Wildman–Crippen MR) is 79.8 cm³/mol. The molecule has 0 aliphatic carbocycles. The molecule has 0 saturated carbocycles. The van der Waals surface area contributed by atoms with Gasteiger partial charge in [-0.05, 0) is 36.4 Å². The van der Waals surface area contributed by atoms with Gasteiger partial charge in [0.1, 0.15) is 5.75 Å². The lowest BCUT2D eigenvalue weighted by atomic mass is 10.2. The van der Waals surface area contributed by atoms with Crippen LogP contribution in [0.2, 0.25) is 0 Å². The zero-order chi connectivity index (χ0) is 14.5. The van der Waals surface area contributed by atoms with Gasteiger partial charge < -0.3 is 15.0 Å². The minimum absolute atomic E-state index is 0.493. The summed E-state index contributed by atoms with van der Waals surface area (Å²) in [5, 5.41) is 3.96. The number of nitrogen functional groups attached to an aromatic ring is 1. The largest absolute Gasteiger partial charge is 0.493 e. The number of aromatic nitrogens is 2. The fraction of sp³-hybridized carbons (Fsp3) is 0.125. The van der Waals surface area contributed by atoms with E-state index in [0.29, 0.717) is 30.4 Å². The lowest BCUT2D eigenvalue weighted by Gasteiger charge is -2.02. The van der Waals surface area contributed by atoms with Crippen LogP contribution in [0.3, 0.4) is 0 Å². The van der Waals surface area contributed by atoms with Crippen molar-refractivity contribution in [2.24, 2.45) is 0 Å². The number of ether oxygens (including phenoxy) is 1. The Balaban J connectivity index is 1.59. The Bertz CT molecular complexity index is 693. The molecule has 2 aromatic carbocycles. The van der Waals surface area contributed by atoms with E-state index in [-0.39, 0.29) is 0 Å². The smallest absolute Gasteiger partial charge is 0.230 e. The average molecular weight is 281 g/mol. The van der Waals surface area contributed by atoms with Crippen molar-refractivity contribution in [1.29, 1.82) is 0 Å². The molecule has 0 aliphatic heterocycles. The van der Waals surface area contributed by atoms with Crippen molar-refractivity contribution >= 4 is 5.69 Å². The molecule has 1 aromatic heterocycles. The van der Waals surface area contributed by atoms with Gasteiger partial charge >= 0.3 is 0 Å². The maximum Gasteiger partial charge on any atom is 0.230 e. The highest BCUT2D eigenvalue weighted by Gasteiger charge is 2.08. The highest BCUT2D eigenvalue weighted by molar-refractivity contribution is 5.57. The Labute approximate surface area is 122 Å². The molecule has 21 heavy (non-hydrogen) atoms. The lowest BCUT2D eigenvalue weighted by molar-refractivity contribution is 0.292. The molecule has 0 saturated heterocycles. The summed E-state index contributed by atoms with van der Waals surface area (Å²) in [5.41, 5.74) is 7.24. The Kier molecular flexibility index (Phi) is 3.82. The summed E-state index contributed by atoms with van der Waals surface area (Å²) in [6.45, 7) is 0.493. The number of nitrogens with zero attached hydrogens (tertiary/aromatic N) is 2. The van der Waals surface area contributed by atoms with Crippen LogP contribution in [0.15, 0.2) is 59.1 Å². The Morgan fingerprint density at radius 3 is 2.52 bits per heavy atom. The molecule has 3 aromatic rings. The number of hydrogen-bond donors (Lipinski definition) is 1. The topological polar surface area (TPSA) is 74.2 Å². The highest BCUT2D eigenvalue weighted by atomic mass is 16.5. The molecule has 5 nitrogen and oxygen atoms in total. The lowest BCUT2D eigenvalue weighted by Crippen LogP contribution is -2.01. The van der Waals surface area contributed by atoms with Crippen molar-refractivity contribution < 1.29 is 9.26 Å². The molecule has 0 unspecified atom stereocenters. The van der Waals surface area contributed by atoms with Crippen molar-refractivity contribution in [3.63, 3.8) is 0 Å². The SMILES string of the molecule is Nc1ccc(-c2noc(CCOc3ccccc3)n2)cc1. The van der Waals surface area contributed by atoms with Crippen LogP contribution >= 0.6 is 0 Å². The van der Waals surface area contributed by atoms with Gasteiger partial charge in [-0.2, -0.15) is 4.98 Å². The standard InChI is InChI=1S/C16H15N3O2/c17-13-8-6-12(7-9-13)16-18-15(21-19-16)10-11-20-14-4-2-1-3-5-14/h1-9H,10-11,17H2. The summed E-state index contributed by atoms with van der Waals surface area (Å²) >= 11 is 0. The van der Waals surface area contributed by atoms with E-state index in [1.165, 1.54) is 0 Å². The van der Waals surface area contributed by atoms with Crippen LogP contribution in [0.5, 0.6) is 5.75 Å². The summed E-state index contributed by atoms with van der Waals surface area (Å²) in [6.07, 6.45) is 0.566. The van der Waals surface area contributed by atoms with Gasteiger partial charge in [-0.3, -0.25) is 0 Å². The van der Waals surface area contributed by atoms with Gasteiger partial charge in [0, 0.05) is 11.3 Å². The zero-order valence-electron chi connectivity index (χ0n) is 11.4. The molecule has 0 bridgehead atoms. The van der Waals surface area contributed by atoms with Crippen molar-refractivity contribution in [3.05, 3.63) is 60.5 Å². The number of benzene rings is 2. The molecular formula is C16H15N3O2. The van der Waals surface area contributed by atoms with E-state index < -0.39 is 0 Å². The van der Waals surface area contributed by atoms with Gasteiger partial charge in [0.15, 0.2) is 0 Å². The van der Waals surface area contributed by atoms with Gasteiger partial charge in [-0.15, -0.1) is 0 Å². The first kappa shape index (κ1) is 13.2. The molecule has 0 fully saturated rings. The summed E-state index contributed by atoms with van der Waals surface area (Å²) < 4.78 is 10.8. The molecule has 2 N–H and O–H groups in total. The quantitative estimate of drug-likeness (QED) is 0.728. The first-order valence-electron chi connectivity index (χ1n) is 6.67. The van der Waals surface area contributed by atoms with Crippen LogP contribution < -0.4 is 10.5 Å². The molecule has 0 radical (unpaired) electrons. The molecule has 0 spiro atoms. The third-order valence-corrected chi connectivity index (χ3v) is 2.96. The van der Waals surface area contributed by atoms with E-state index in [1.54, 1.807) is 0 Å². The first-order valence-corrected chi connectivity index (χ1v) is 6.67. The summed E-state index contributed by atoms with van der Waals surface area (Å²) in [5.74, 6) is 1.94. The van der Waals surface area contributed by atoms with Crippen LogP contribution in [0.25, 0.3) is 11.4 Å². The van der Waals surface area contributed by atoms with Crippen LogP contribution in [0.1, 0.15) is 5.89 Å². The molecule has 0 amide bonds. The second-order valence-corrected chi connectivity index (χ2v) is 4.55. The number of anilines is 1. The first-order chi connectivity index (χ1) is 10.3. The van der Waals surface area contributed by atoms with Gasteiger partial charge in [0.25, 0.3) is 0 Å². The third kappa shape index (κ3) is 3.39. The van der Waals surface area contributed by atoms with Gasteiger partial charge in [-0.25, -0.2) is 0 Å².